The summed E-state index contributed by atoms with van der Waals surface area (Å²) in [5, 5.41) is 0.571. The van der Waals surface area contributed by atoms with Crippen molar-refractivity contribution >= 4 is 40.9 Å². The van der Waals surface area contributed by atoms with Crippen LogP contribution in [0, 0.1) is 11.3 Å². The van der Waals surface area contributed by atoms with Crippen molar-refractivity contribution in [3.63, 3.8) is 0 Å². The van der Waals surface area contributed by atoms with Gasteiger partial charge >= 0.3 is 0 Å². The lowest BCUT2D eigenvalue weighted by Gasteiger charge is -2.40. The number of piperidine rings is 1. The minimum absolute atomic E-state index is 0.132. The number of halogens is 1. The van der Waals surface area contributed by atoms with Gasteiger partial charge in [0.1, 0.15) is 16.5 Å². The zero-order valence-electron chi connectivity index (χ0n) is 19.5. The molecule has 33 heavy (non-hydrogen) atoms. The molecule has 2 aromatic rings. The molecule has 5 rings (SSSR count). The molecule has 9 heteroatoms. The highest BCUT2D eigenvalue weighted by Gasteiger charge is 2.40. The van der Waals surface area contributed by atoms with E-state index in [2.05, 4.69) is 26.7 Å². The summed E-state index contributed by atoms with van der Waals surface area (Å²) in [4.78, 5) is 28.1. The van der Waals surface area contributed by atoms with Crippen molar-refractivity contribution in [2.24, 2.45) is 18.4 Å². The molecule has 4 heterocycles. The first-order valence-electron chi connectivity index (χ1n) is 12.1. The van der Waals surface area contributed by atoms with Crippen molar-refractivity contribution < 1.29 is 0 Å². The molecular formula is C24H33ClN6OS. The highest BCUT2D eigenvalue weighted by molar-refractivity contribution is 7.99. The lowest BCUT2D eigenvalue weighted by Crippen LogP contribution is -2.42. The van der Waals surface area contributed by atoms with Gasteiger partial charge in [-0.2, -0.15) is 4.98 Å². The summed E-state index contributed by atoms with van der Waals surface area (Å²) in [6.45, 7) is 6.13. The lowest BCUT2D eigenvalue weighted by atomic mass is 9.76. The van der Waals surface area contributed by atoms with Gasteiger partial charge in [-0.25, -0.2) is 4.98 Å². The Kier molecular flexibility index (Phi) is 6.25. The number of hydrogen-bond donors (Lipinski definition) is 1. The highest BCUT2D eigenvalue weighted by atomic mass is 35.5. The van der Waals surface area contributed by atoms with Crippen LogP contribution in [0.3, 0.4) is 0 Å². The van der Waals surface area contributed by atoms with E-state index >= 15 is 0 Å². The Morgan fingerprint density at radius 2 is 1.88 bits per heavy atom. The fraction of sp³-hybridized carbons (Fsp3) is 0.625. The summed E-state index contributed by atoms with van der Waals surface area (Å²) in [7, 11) is 1.79. The number of hydrogen-bond acceptors (Lipinski definition) is 7. The van der Waals surface area contributed by atoms with Gasteiger partial charge in [0.25, 0.3) is 5.56 Å². The van der Waals surface area contributed by atoms with Gasteiger partial charge in [0.2, 0.25) is 5.95 Å². The quantitative estimate of drug-likeness (QED) is 0.675. The summed E-state index contributed by atoms with van der Waals surface area (Å²) in [6.07, 6.45) is 10.4. The van der Waals surface area contributed by atoms with Gasteiger partial charge in [-0.1, -0.05) is 36.7 Å². The van der Waals surface area contributed by atoms with E-state index in [1.54, 1.807) is 17.8 Å². The van der Waals surface area contributed by atoms with E-state index in [4.69, 9.17) is 17.3 Å². The molecule has 2 aliphatic heterocycles. The Hall–Kier alpha value is -1.93. The minimum atomic E-state index is -0.132. The van der Waals surface area contributed by atoms with Crippen molar-refractivity contribution in [1.29, 1.82) is 0 Å². The molecule has 7 nitrogen and oxygen atoms in total. The molecule has 1 atom stereocenters. The minimum Gasteiger partial charge on any atom is -0.382 e. The summed E-state index contributed by atoms with van der Waals surface area (Å²) in [5.41, 5.74) is 6.70. The van der Waals surface area contributed by atoms with Crippen LogP contribution in [0.25, 0.3) is 0 Å². The molecule has 0 radical (unpaired) electrons. The van der Waals surface area contributed by atoms with Crippen LogP contribution in [0.5, 0.6) is 0 Å². The van der Waals surface area contributed by atoms with E-state index in [1.807, 2.05) is 6.07 Å². The largest absolute Gasteiger partial charge is 0.382 e. The molecular weight excluding hydrogens is 456 g/mol. The molecule has 1 spiro atoms. The van der Waals surface area contributed by atoms with Crippen molar-refractivity contribution in [1.82, 2.24) is 14.5 Å². The van der Waals surface area contributed by atoms with Gasteiger partial charge in [0.05, 0.1) is 5.02 Å². The second-order valence-corrected chi connectivity index (χ2v) is 11.5. The van der Waals surface area contributed by atoms with Crippen LogP contribution < -0.4 is 21.1 Å². The van der Waals surface area contributed by atoms with E-state index in [1.165, 1.54) is 31.0 Å². The normalized spacial score (nSPS) is 22.5. The van der Waals surface area contributed by atoms with Gasteiger partial charge in [0.15, 0.2) is 0 Å². The van der Waals surface area contributed by atoms with Crippen molar-refractivity contribution in [2.75, 3.05) is 41.7 Å². The number of pyridine rings is 1. The first kappa shape index (κ1) is 22.8. The van der Waals surface area contributed by atoms with Crippen LogP contribution in [0.4, 0.5) is 17.6 Å². The number of nitrogens with zero attached hydrogens (tertiary/aromatic N) is 5. The van der Waals surface area contributed by atoms with Gasteiger partial charge in [-0.15, -0.1) is 0 Å². The predicted octanol–water partition coefficient (Wildman–Crippen LogP) is 4.57. The maximum atomic E-state index is 13.3. The Bertz CT molecular complexity index is 1090. The standard InChI is InChI=1S/C24H33ClN6OS/c1-16-5-7-24(15-16)8-13-31(14-9-24)23-28-20(26)19(22(32)29(23)2)33-17-6-10-27-21(18(17)25)30-11-3-4-12-30/h6,10,16H,3-5,7-9,11-15,26H2,1-2H3/t16-/m0/s1. The Balaban J connectivity index is 1.37. The summed E-state index contributed by atoms with van der Waals surface area (Å²) in [6, 6.07) is 1.84. The first-order valence-corrected chi connectivity index (χ1v) is 13.3. The molecule has 3 aliphatic rings. The second-order valence-electron chi connectivity index (χ2n) is 10.1. The molecule has 1 aliphatic carbocycles. The average molecular weight is 489 g/mol. The maximum absolute atomic E-state index is 13.3. The monoisotopic (exact) mass is 488 g/mol. The highest BCUT2D eigenvalue weighted by Crippen LogP contribution is 2.49. The Morgan fingerprint density at radius 3 is 2.55 bits per heavy atom. The third-order valence-electron chi connectivity index (χ3n) is 7.76. The zero-order chi connectivity index (χ0) is 23.2. The van der Waals surface area contributed by atoms with Crippen LogP contribution in [-0.4, -0.2) is 40.7 Å². The number of anilines is 3. The molecule has 2 N–H and O–H groups in total. The summed E-state index contributed by atoms with van der Waals surface area (Å²) in [5.74, 6) is 2.55. The third kappa shape index (κ3) is 4.32. The van der Waals surface area contributed by atoms with Crippen LogP contribution in [-0.2, 0) is 7.05 Å². The molecule has 178 valence electrons. The SMILES string of the molecule is C[C@H]1CCC2(CCN(c3nc(N)c(Sc4ccnc(N5CCCC5)c4Cl)c(=O)n3C)CC2)C1. The lowest BCUT2D eigenvalue weighted by molar-refractivity contribution is 0.217. The van der Waals surface area contributed by atoms with E-state index in [-0.39, 0.29) is 11.4 Å². The summed E-state index contributed by atoms with van der Waals surface area (Å²) >= 11 is 7.99. The Morgan fingerprint density at radius 1 is 1.15 bits per heavy atom. The summed E-state index contributed by atoms with van der Waals surface area (Å²) < 4.78 is 1.64. The number of rotatable bonds is 4. The van der Waals surface area contributed by atoms with Gasteiger partial charge in [0, 0.05) is 44.3 Å². The van der Waals surface area contributed by atoms with Gasteiger partial charge in [-0.3, -0.25) is 9.36 Å². The van der Waals surface area contributed by atoms with Crippen LogP contribution in [0.15, 0.2) is 26.8 Å². The van der Waals surface area contributed by atoms with E-state index < -0.39 is 0 Å². The molecule has 0 aromatic carbocycles. The van der Waals surface area contributed by atoms with E-state index in [0.717, 1.165) is 68.5 Å². The molecule has 2 saturated heterocycles. The van der Waals surface area contributed by atoms with Crippen molar-refractivity contribution in [2.45, 2.75) is 61.7 Å². The van der Waals surface area contributed by atoms with Crippen LogP contribution in [0.1, 0.15) is 51.9 Å². The number of nitrogen functional groups attached to an aromatic ring is 1. The number of aromatic nitrogens is 3. The zero-order valence-corrected chi connectivity index (χ0v) is 21.1. The molecule has 3 fully saturated rings. The molecule has 0 amide bonds. The fourth-order valence-electron chi connectivity index (χ4n) is 5.85. The molecule has 2 aromatic heterocycles. The van der Waals surface area contributed by atoms with Gasteiger partial charge in [-0.05, 0) is 55.9 Å². The van der Waals surface area contributed by atoms with Crippen LogP contribution in [0.2, 0.25) is 5.02 Å². The van der Waals surface area contributed by atoms with Crippen LogP contribution >= 0.6 is 23.4 Å². The molecule has 0 unspecified atom stereocenters. The molecule has 1 saturated carbocycles. The molecule has 0 bridgehead atoms. The Labute approximate surface area is 204 Å². The smallest absolute Gasteiger partial charge is 0.270 e. The topological polar surface area (TPSA) is 80.3 Å². The fourth-order valence-corrected chi connectivity index (χ4v) is 7.10. The number of nitrogens with two attached hydrogens (primary N) is 1. The second kappa shape index (κ2) is 9.02. The van der Waals surface area contributed by atoms with E-state index in [9.17, 15) is 4.79 Å². The van der Waals surface area contributed by atoms with E-state index in [0.29, 0.717) is 21.3 Å². The van der Waals surface area contributed by atoms with Crippen molar-refractivity contribution in [3.05, 3.63) is 27.6 Å². The third-order valence-corrected chi connectivity index (χ3v) is 9.39. The van der Waals surface area contributed by atoms with Gasteiger partial charge < -0.3 is 15.5 Å². The van der Waals surface area contributed by atoms with Crippen molar-refractivity contribution in [3.8, 4) is 0 Å². The predicted molar refractivity (Wildman–Crippen MR) is 136 cm³/mol. The maximum Gasteiger partial charge on any atom is 0.270 e. The average Bonchev–Trinajstić information content (AvgIpc) is 3.46. The first-order chi connectivity index (χ1) is 15.9.